The number of anilines is 2. The molecule has 1 N–H and O–H groups in total. The van der Waals surface area contributed by atoms with Gasteiger partial charge in [-0.3, -0.25) is 10.3 Å². The molecule has 1 aliphatic heterocycles. The van der Waals surface area contributed by atoms with Crippen LogP contribution in [0.15, 0.2) is 70.6 Å². The Bertz CT molecular complexity index is 1730. The number of nitrogens with one attached hydrogen (secondary N) is 1. The lowest BCUT2D eigenvalue weighted by Crippen LogP contribution is -2.39. The number of fused-ring (bicyclic) bond motifs is 3. The lowest BCUT2D eigenvalue weighted by molar-refractivity contribution is -0.592. The molecule has 1 atom stereocenters. The molecule has 1 unspecified atom stereocenters. The van der Waals surface area contributed by atoms with Crippen molar-refractivity contribution in [3.8, 4) is 11.8 Å². The van der Waals surface area contributed by atoms with Crippen molar-refractivity contribution in [1.82, 2.24) is 9.78 Å². The van der Waals surface area contributed by atoms with Crippen molar-refractivity contribution in [2.24, 2.45) is 4.99 Å². The summed E-state index contributed by atoms with van der Waals surface area (Å²) in [6.07, 6.45) is -1.50. The van der Waals surface area contributed by atoms with Crippen molar-refractivity contribution in [2.45, 2.75) is 70.1 Å². The van der Waals surface area contributed by atoms with Gasteiger partial charge in [0.2, 0.25) is 5.82 Å². The van der Waals surface area contributed by atoms with E-state index in [1.807, 2.05) is 46.5 Å². The summed E-state index contributed by atoms with van der Waals surface area (Å²) < 4.78 is 46.2. The first kappa shape index (κ1) is 31.6. The Hall–Kier alpha value is -3.81. The number of aromatic nitrogens is 3. The minimum absolute atomic E-state index is 0.228. The van der Waals surface area contributed by atoms with E-state index in [2.05, 4.69) is 25.2 Å². The Morgan fingerprint density at radius 3 is 2.48 bits per heavy atom. The van der Waals surface area contributed by atoms with Gasteiger partial charge in [-0.2, -0.15) is 23.0 Å². The minimum Gasteiger partial charge on any atom is -0.270 e. The minimum atomic E-state index is -4.54. The third-order valence-corrected chi connectivity index (χ3v) is 8.81. The lowest BCUT2D eigenvalue weighted by Gasteiger charge is -2.18. The van der Waals surface area contributed by atoms with Crippen LogP contribution in [0.4, 0.5) is 24.8 Å². The average Bonchev–Trinajstić information content (AvgIpc) is 3.27. The molecule has 5 rings (SSSR count). The van der Waals surface area contributed by atoms with Crippen LogP contribution in [-0.2, 0) is 12.7 Å². The smallest absolute Gasteiger partial charge is 0.270 e. The number of nitrogens with zero attached hydrogens (tertiary/aromatic N) is 5. The first-order chi connectivity index (χ1) is 21.2. The third-order valence-electron chi connectivity index (χ3n) is 7.23. The molecule has 2 heterocycles. The van der Waals surface area contributed by atoms with Gasteiger partial charge >= 0.3 is 12.1 Å². The second-order valence-electron chi connectivity index (χ2n) is 10.5. The first-order valence-corrected chi connectivity index (χ1v) is 16.1. The summed E-state index contributed by atoms with van der Waals surface area (Å²) in [6.45, 7) is 6.73. The van der Waals surface area contributed by atoms with Gasteiger partial charge in [0.25, 0.3) is 0 Å². The maximum Gasteiger partial charge on any atom is 0.416 e. The maximum atomic E-state index is 14.1. The first-order valence-electron chi connectivity index (χ1n) is 14.7. The van der Waals surface area contributed by atoms with E-state index in [1.54, 1.807) is 12.1 Å². The van der Waals surface area contributed by atoms with Crippen LogP contribution in [0.2, 0.25) is 5.02 Å². The van der Waals surface area contributed by atoms with Gasteiger partial charge in [0.1, 0.15) is 11.7 Å². The highest BCUT2D eigenvalue weighted by atomic mass is 35.5. The molecule has 4 aromatic rings. The van der Waals surface area contributed by atoms with E-state index in [0.29, 0.717) is 51.9 Å². The monoisotopic (exact) mass is 637 g/mol. The van der Waals surface area contributed by atoms with E-state index in [0.717, 1.165) is 42.6 Å². The SMILES string of the molecule is CCCSc1ccc(C(F)(F)F)cc1C1=NC(CCC)c2n(CCC)nc(Nc3ccccc3)[n+]2-c2cc(C#N)cc(Cl)c21. The van der Waals surface area contributed by atoms with Gasteiger partial charge in [0, 0.05) is 15.6 Å². The van der Waals surface area contributed by atoms with E-state index in [-0.39, 0.29) is 5.02 Å². The number of hydrogen-bond donors (Lipinski definition) is 1. The standard InChI is InChI=1S/C33H33ClF3N6S/c1-4-10-26-31-42(15-5-2)41-32(39-23-11-8-7-9-12-23)43(31)27-18-21(20-38)17-25(34)29(27)30(40-26)24-19-22(33(35,36)37)13-14-28(24)44-16-6-3/h7-9,11-14,17-19,26H,4-6,10,15-16H2,1-3H3,(H,39,41)/q+1. The number of aliphatic imine (C=N–C) groups is 1. The molecule has 1 aliphatic rings. The van der Waals surface area contributed by atoms with Gasteiger partial charge < -0.3 is 0 Å². The summed E-state index contributed by atoms with van der Waals surface area (Å²) in [7, 11) is 0. The number of hydrogen-bond acceptors (Lipinski definition) is 5. The normalized spacial score (nSPS) is 14.3. The molecule has 1 aromatic heterocycles. The molecular formula is C33H33ClF3N6S+. The van der Waals surface area contributed by atoms with Crippen LogP contribution in [0.1, 0.15) is 80.6 Å². The van der Waals surface area contributed by atoms with Crippen LogP contribution < -0.4 is 9.88 Å². The van der Waals surface area contributed by atoms with Crippen molar-refractivity contribution >= 4 is 40.7 Å². The number of thioether (sulfide) groups is 1. The molecule has 228 valence electrons. The van der Waals surface area contributed by atoms with E-state index in [9.17, 15) is 18.4 Å². The van der Waals surface area contributed by atoms with Gasteiger partial charge in [-0.15, -0.1) is 16.4 Å². The molecular weight excluding hydrogens is 605 g/mol. The summed E-state index contributed by atoms with van der Waals surface area (Å²) >= 11 is 8.47. The van der Waals surface area contributed by atoms with E-state index in [1.165, 1.54) is 23.9 Å². The fourth-order valence-corrected chi connectivity index (χ4v) is 6.55. The van der Waals surface area contributed by atoms with Gasteiger partial charge in [0.05, 0.1) is 45.7 Å². The number of aryl methyl sites for hydroxylation is 1. The largest absolute Gasteiger partial charge is 0.416 e. The Labute approximate surface area is 264 Å². The Balaban J connectivity index is 1.88. The summed E-state index contributed by atoms with van der Waals surface area (Å²) in [4.78, 5) is 5.94. The molecule has 0 bridgehead atoms. The molecule has 0 fully saturated rings. The van der Waals surface area contributed by atoms with Crippen LogP contribution in [-0.4, -0.2) is 21.2 Å². The molecule has 0 amide bonds. The predicted octanol–water partition coefficient (Wildman–Crippen LogP) is 9.05. The quantitative estimate of drug-likeness (QED) is 0.139. The van der Waals surface area contributed by atoms with Crippen LogP contribution in [0.25, 0.3) is 5.69 Å². The van der Waals surface area contributed by atoms with Crippen molar-refractivity contribution in [3.63, 3.8) is 0 Å². The van der Waals surface area contributed by atoms with Gasteiger partial charge in [-0.25, -0.2) is 0 Å². The zero-order chi connectivity index (χ0) is 31.4. The third kappa shape index (κ3) is 6.35. The Kier molecular flexibility index (Phi) is 9.66. The molecule has 0 aliphatic carbocycles. The molecule has 0 saturated carbocycles. The van der Waals surface area contributed by atoms with Crippen LogP contribution >= 0.6 is 23.4 Å². The Morgan fingerprint density at radius 1 is 1.05 bits per heavy atom. The molecule has 44 heavy (non-hydrogen) atoms. The summed E-state index contributed by atoms with van der Waals surface area (Å²) in [6, 6.07) is 18.4. The number of halogens is 4. The highest BCUT2D eigenvalue weighted by Crippen LogP contribution is 2.39. The fraction of sp³-hybridized carbons (Fsp3) is 0.333. The highest BCUT2D eigenvalue weighted by molar-refractivity contribution is 7.99. The molecule has 11 heteroatoms. The van der Waals surface area contributed by atoms with Crippen molar-refractivity contribution < 1.29 is 17.7 Å². The zero-order valence-electron chi connectivity index (χ0n) is 24.7. The highest BCUT2D eigenvalue weighted by Gasteiger charge is 2.39. The van der Waals surface area contributed by atoms with Gasteiger partial charge in [-0.1, -0.05) is 57.0 Å². The topological polar surface area (TPSA) is 69.9 Å². The van der Waals surface area contributed by atoms with Crippen LogP contribution in [0, 0.1) is 11.3 Å². The number of rotatable bonds is 10. The molecule has 6 nitrogen and oxygen atoms in total. The Morgan fingerprint density at radius 2 is 1.82 bits per heavy atom. The van der Waals surface area contributed by atoms with Crippen molar-refractivity contribution in [1.29, 1.82) is 5.26 Å². The van der Waals surface area contributed by atoms with Crippen LogP contribution in [0.5, 0.6) is 0 Å². The number of alkyl halides is 3. The van der Waals surface area contributed by atoms with Crippen molar-refractivity contribution in [2.75, 3.05) is 11.1 Å². The summed E-state index contributed by atoms with van der Waals surface area (Å²) in [5, 5.41) is 18.6. The van der Waals surface area contributed by atoms with E-state index < -0.39 is 17.8 Å². The van der Waals surface area contributed by atoms with E-state index >= 15 is 0 Å². The summed E-state index contributed by atoms with van der Waals surface area (Å²) in [5.74, 6) is 1.99. The fourth-order valence-electron chi connectivity index (χ4n) is 5.35. The van der Waals surface area contributed by atoms with E-state index in [4.69, 9.17) is 21.7 Å². The van der Waals surface area contributed by atoms with Crippen LogP contribution in [0.3, 0.4) is 0 Å². The number of para-hydroxylation sites is 1. The lowest BCUT2D eigenvalue weighted by atomic mass is 9.97. The van der Waals surface area contributed by atoms with Gasteiger partial charge in [0.15, 0.2) is 0 Å². The molecule has 3 aromatic carbocycles. The predicted molar refractivity (Wildman–Crippen MR) is 169 cm³/mol. The number of benzene rings is 3. The van der Waals surface area contributed by atoms with Gasteiger partial charge in [-0.05, 0) is 67.5 Å². The molecule has 0 saturated heterocycles. The van der Waals surface area contributed by atoms with Crippen molar-refractivity contribution in [3.05, 3.63) is 93.8 Å². The molecule has 0 radical (unpaired) electrons. The maximum absolute atomic E-state index is 14.1. The second kappa shape index (κ2) is 13.4. The molecule has 0 spiro atoms. The second-order valence-corrected chi connectivity index (χ2v) is 12.1. The average molecular weight is 638 g/mol. The summed E-state index contributed by atoms with van der Waals surface area (Å²) in [5.41, 5.74) is 2.10. The number of nitriles is 1. The zero-order valence-corrected chi connectivity index (χ0v) is 26.3.